The minimum absolute atomic E-state index is 0.714. The minimum atomic E-state index is 0.714. The predicted molar refractivity (Wildman–Crippen MR) is 104 cm³/mol. The Hall–Kier alpha value is -0.810. The number of guanidine groups is 1. The third-order valence-corrected chi connectivity index (χ3v) is 5.49. The first-order chi connectivity index (χ1) is 11.7. The van der Waals surface area contributed by atoms with E-state index in [2.05, 4.69) is 41.3 Å². The first-order valence-corrected chi connectivity index (χ1v) is 10.2. The molecule has 2 atom stereocenters. The van der Waals surface area contributed by atoms with Gasteiger partial charge in [0.2, 0.25) is 0 Å². The van der Waals surface area contributed by atoms with Crippen LogP contribution >= 0.6 is 0 Å². The lowest BCUT2D eigenvalue weighted by Gasteiger charge is -2.35. The van der Waals surface area contributed by atoms with E-state index in [1.807, 2.05) is 0 Å². The van der Waals surface area contributed by atoms with Gasteiger partial charge in [-0.1, -0.05) is 13.3 Å². The summed E-state index contributed by atoms with van der Waals surface area (Å²) >= 11 is 0. The summed E-state index contributed by atoms with van der Waals surface area (Å²) in [6, 6.07) is 0.790. The van der Waals surface area contributed by atoms with E-state index in [0.717, 1.165) is 38.2 Å². The van der Waals surface area contributed by atoms with Crippen LogP contribution in [0.25, 0.3) is 0 Å². The fourth-order valence-electron chi connectivity index (χ4n) is 4.12. The van der Waals surface area contributed by atoms with E-state index in [-0.39, 0.29) is 0 Å². The zero-order valence-electron chi connectivity index (χ0n) is 16.2. The largest absolute Gasteiger partial charge is 0.357 e. The molecule has 2 fully saturated rings. The Balaban J connectivity index is 1.74. The monoisotopic (exact) mass is 337 g/mol. The maximum absolute atomic E-state index is 4.84. The number of aliphatic imine (C=N–C) groups is 1. The molecule has 5 heteroatoms. The Morgan fingerprint density at radius 1 is 1.08 bits per heavy atom. The van der Waals surface area contributed by atoms with Crippen molar-refractivity contribution in [3.05, 3.63) is 0 Å². The molecule has 5 nitrogen and oxygen atoms in total. The van der Waals surface area contributed by atoms with Gasteiger partial charge in [-0.3, -0.25) is 9.89 Å². The van der Waals surface area contributed by atoms with Gasteiger partial charge in [-0.2, -0.15) is 0 Å². The Kier molecular flexibility index (Phi) is 8.89. The standard InChI is InChI=1S/C19H39N5/c1-4-18-10-6-7-13-24(18)14-11-21-19(20-5-2)22-15-17-9-8-12-23(3)16-17/h17-18H,4-16H2,1-3H3,(H2,20,21,22). The van der Waals surface area contributed by atoms with Gasteiger partial charge in [-0.25, -0.2) is 0 Å². The topological polar surface area (TPSA) is 42.9 Å². The number of nitrogens with one attached hydrogen (secondary N) is 2. The number of piperidine rings is 2. The van der Waals surface area contributed by atoms with Crippen LogP contribution in [-0.4, -0.2) is 74.7 Å². The van der Waals surface area contributed by atoms with Crippen molar-refractivity contribution in [1.29, 1.82) is 0 Å². The molecule has 2 aliphatic heterocycles. The molecule has 2 saturated heterocycles. The molecule has 2 aliphatic rings. The zero-order chi connectivity index (χ0) is 17.2. The number of rotatable bonds is 7. The van der Waals surface area contributed by atoms with Crippen LogP contribution in [0.3, 0.4) is 0 Å². The van der Waals surface area contributed by atoms with Crippen LogP contribution in [0.1, 0.15) is 52.4 Å². The molecule has 0 aliphatic carbocycles. The molecular weight excluding hydrogens is 298 g/mol. The first kappa shape index (κ1) is 19.5. The van der Waals surface area contributed by atoms with Crippen LogP contribution in [-0.2, 0) is 0 Å². The lowest BCUT2D eigenvalue weighted by molar-refractivity contribution is 0.147. The third-order valence-electron chi connectivity index (χ3n) is 5.49. The highest BCUT2D eigenvalue weighted by Gasteiger charge is 2.20. The zero-order valence-corrected chi connectivity index (χ0v) is 16.2. The van der Waals surface area contributed by atoms with Crippen LogP contribution < -0.4 is 10.6 Å². The summed E-state index contributed by atoms with van der Waals surface area (Å²) in [6.07, 6.45) is 8.05. The molecule has 0 amide bonds. The second kappa shape index (κ2) is 10.9. The van der Waals surface area contributed by atoms with Gasteiger partial charge >= 0.3 is 0 Å². The molecule has 0 spiro atoms. The third kappa shape index (κ3) is 6.60. The molecule has 2 heterocycles. The summed E-state index contributed by atoms with van der Waals surface area (Å²) < 4.78 is 0. The molecule has 24 heavy (non-hydrogen) atoms. The average Bonchev–Trinajstić information content (AvgIpc) is 2.60. The number of likely N-dealkylation sites (tertiary alicyclic amines) is 2. The number of hydrogen-bond acceptors (Lipinski definition) is 3. The fourth-order valence-corrected chi connectivity index (χ4v) is 4.12. The van der Waals surface area contributed by atoms with Crippen molar-refractivity contribution >= 4 is 5.96 Å². The molecule has 2 rings (SSSR count). The Morgan fingerprint density at radius 2 is 1.96 bits per heavy atom. The average molecular weight is 338 g/mol. The molecule has 140 valence electrons. The highest BCUT2D eigenvalue weighted by atomic mass is 15.2. The molecule has 0 saturated carbocycles. The van der Waals surface area contributed by atoms with E-state index in [1.54, 1.807) is 0 Å². The van der Waals surface area contributed by atoms with Gasteiger partial charge in [0.05, 0.1) is 0 Å². The van der Waals surface area contributed by atoms with E-state index in [9.17, 15) is 0 Å². The van der Waals surface area contributed by atoms with E-state index in [1.165, 1.54) is 58.2 Å². The van der Waals surface area contributed by atoms with Crippen LogP contribution in [0.5, 0.6) is 0 Å². The van der Waals surface area contributed by atoms with Crippen LogP contribution in [0, 0.1) is 5.92 Å². The molecule has 0 aromatic heterocycles. The summed E-state index contributed by atoms with van der Waals surface area (Å²) in [4.78, 5) is 9.94. The fraction of sp³-hybridized carbons (Fsp3) is 0.947. The molecule has 0 aromatic rings. The van der Waals surface area contributed by atoms with Crippen LogP contribution in [0.2, 0.25) is 0 Å². The van der Waals surface area contributed by atoms with Gasteiger partial charge < -0.3 is 15.5 Å². The Labute approximate surface area is 149 Å². The van der Waals surface area contributed by atoms with Crippen molar-refractivity contribution in [1.82, 2.24) is 20.4 Å². The predicted octanol–water partition coefficient (Wildman–Crippen LogP) is 2.15. The van der Waals surface area contributed by atoms with E-state index >= 15 is 0 Å². The summed E-state index contributed by atoms with van der Waals surface area (Å²) in [5, 5.41) is 6.95. The Morgan fingerprint density at radius 3 is 2.71 bits per heavy atom. The lowest BCUT2D eigenvalue weighted by Crippen LogP contribution is -2.46. The quantitative estimate of drug-likeness (QED) is 0.552. The second-order valence-corrected chi connectivity index (χ2v) is 7.51. The van der Waals surface area contributed by atoms with Crippen molar-refractivity contribution in [3.8, 4) is 0 Å². The van der Waals surface area contributed by atoms with Crippen molar-refractivity contribution in [3.63, 3.8) is 0 Å². The van der Waals surface area contributed by atoms with Crippen LogP contribution in [0.15, 0.2) is 4.99 Å². The van der Waals surface area contributed by atoms with Gasteiger partial charge in [0.25, 0.3) is 0 Å². The normalized spacial score (nSPS) is 27.2. The number of hydrogen-bond donors (Lipinski definition) is 2. The molecule has 0 bridgehead atoms. The van der Waals surface area contributed by atoms with Gasteiger partial charge in [0.15, 0.2) is 5.96 Å². The maximum atomic E-state index is 4.84. The lowest BCUT2D eigenvalue weighted by atomic mass is 9.99. The highest BCUT2D eigenvalue weighted by molar-refractivity contribution is 5.79. The first-order valence-electron chi connectivity index (χ1n) is 10.2. The smallest absolute Gasteiger partial charge is 0.191 e. The van der Waals surface area contributed by atoms with Gasteiger partial charge in [0.1, 0.15) is 0 Å². The summed E-state index contributed by atoms with van der Waals surface area (Å²) in [7, 11) is 2.22. The van der Waals surface area contributed by atoms with E-state index in [0.29, 0.717) is 5.92 Å². The van der Waals surface area contributed by atoms with E-state index < -0.39 is 0 Å². The van der Waals surface area contributed by atoms with Gasteiger partial charge in [-0.05, 0) is 65.1 Å². The van der Waals surface area contributed by atoms with Gasteiger partial charge in [0, 0.05) is 38.8 Å². The molecule has 2 N–H and O–H groups in total. The molecular formula is C19H39N5. The van der Waals surface area contributed by atoms with Crippen molar-refractivity contribution in [2.75, 3.05) is 52.9 Å². The van der Waals surface area contributed by atoms with Gasteiger partial charge in [-0.15, -0.1) is 0 Å². The summed E-state index contributed by atoms with van der Waals surface area (Å²) in [5.74, 6) is 1.71. The molecule has 0 aromatic carbocycles. The minimum Gasteiger partial charge on any atom is -0.357 e. The second-order valence-electron chi connectivity index (χ2n) is 7.51. The van der Waals surface area contributed by atoms with E-state index in [4.69, 9.17) is 4.99 Å². The van der Waals surface area contributed by atoms with Crippen molar-refractivity contribution < 1.29 is 0 Å². The summed E-state index contributed by atoms with van der Waals surface area (Å²) in [6.45, 7) is 12.2. The molecule has 0 radical (unpaired) electrons. The molecule has 2 unspecified atom stereocenters. The maximum Gasteiger partial charge on any atom is 0.191 e. The Bertz CT molecular complexity index is 371. The summed E-state index contributed by atoms with van der Waals surface area (Å²) in [5.41, 5.74) is 0. The SMILES string of the molecule is CCNC(=NCC1CCCN(C)C1)NCCN1CCCCC1CC. The number of nitrogens with zero attached hydrogens (tertiary/aromatic N) is 3. The highest BCUT2D eigenvalue weighted by Crippen LogP contribution is 2.18. The van der Waals surface area contributed by atoms with Crippen molar-refractivity contribution in [2.24, 2.45) is 10.9 Å². The van der Waals surface area contributed by atoms with Crippen LogP contribution in [0.4, 0.5) is 0 Å². The van der Waals surface area contributed by atoms with Crippen molar-refractivity contribution in [2.45, 2.75) is 58.4 Å².